The van der Waals surface area contributed by atoms with E-state index in [1.165, 1.54) is 38.5 Å². The SMILES string of the molecule is CC(=O)N(CC1CC1)CC1CC1(C)C1CC=C(C)CC1. The number of hydrogen-bond donors (Lipinski definition) is 0. The van der Waals surface area contributed by atoms with E-state index in [4.69, 9.17) is 0 Å². The van der Waals surface area contributed by atoms with Crippen LogP contribution in [-0.2, 0) is 4.79 Å². The molecule has 0 saturated heterocycles. The molecule has 3 rings (SSSR count). The third kappa shape index (κ3) is 2.94. The number of carbonyl (C=O) groups is 1. The van der Waals surface area contributed by atoms with Crippen molar-refractivity contribution < 1.29 is 4.79 Å². The van der Waals surface area contributed by atoms with Gasteiger partial charge in [0.25, 0.3) is 0 Å². The molecule has 0 N–H and O–H groups in total. The van der Waals surface area contributed by atoms with Crippen LogP contribution in [-0.4, -0.2) is 23.9 Å². The predicted octanol–water partition coefficient (Wildman–Crippen LogP) is 4.02. The van der Waals surface area contributed by atoms with E-state index in [2.05, 4.69) is 24.8 Å². The first-order valence-electron chi connectivity index (χ1n) is 8.40. The van der Waals surface area contributed by atoms with Crippen molar-refractivity contribution in [3.8, 4) is 0 Å². The van der Waals surface area contributed by atoms with Crippen LogP contribution in [0, 0.1) is 23.2 Å². The summed E-state index contributed by atoms with van der Waals surface area (Å²) in [4.78, 5) is 14.0. The molecule has 0 aromatic heterocycles. The minimum atomic E-state index is 0.283. The second-order valence-corrected chi connectivity index (χ2v) is 7.80. The average Bonchev–Trinajstić information content (AvgIpc) is 3.30. The molecule has 0 heterocycles. The van der Waals surface area contributed by atoms with Gasteiger partial charge in [0.15, 0.2) is 0 Å². The van der Waals surface area contributed by atoms with Crippen LogP contribution in [0.3, 0.4) is 0 Å². The number of allylic oxidation sites excluding steroid dienone is 2. The lowest BCUT2D eigenvalue weighted by Gasteiger charge is -2.29. The Balaban J connectivity index is 1.55. The summed E-state index contributed by atoms with van der Waals surface area (Å²) >= 11 is 0. The number of hydrogen-bond acceptors (Lipinski definition) is 1. The van der Waals surface area contributed by atoms with E-state index >= 15 is 0 Å². The van der Waals surface area contributed by atoms with Crippen molar-refractivity contribution >= 4 is 5.91 Å². The fourth-order valence-electron chi connectivity index (χ4n) is 4.02. The second-order valence-electron chi connectivity index (χ2n) is 7.80. The molecule has 3 aliphatic carbocycles. The van der Waals surface area contributed by atoms with Gasteiger partial charge in [0.1, 0.15) is 0 Å². The Morgan fingerprint density at radius 2 is 2.10 bits per heavy atom. The van der Waals surface area contributed by atoms with Crippen LogP contribution >= 0.6 is 0 Å². The molecule has 1 amide bonds. The van der Waals surface area contributed by atoms with E-state index in [1.54, 1.807) is 12.5 Å². The standard InChI is InChI=1S/C18H29NO/c1-13-4-8-16(9-5-13)18(3)10-17(18)12-19(14(2)20)11-15-6-7-15/h4,15-17H,5-12H2,1-3H3. The molecule has 2 heteroatoms. The molecule has 0 spiro atoms. The quantitative estimate of drug-likeness (QED) is 0.694. The van der Waals surface area contributed by atoms with Gasteiger partial charge in [-0.25, -0.2) is 0 Å². The third-order valence-corrected chi connectivity index (χ3v) is 6.09. The first kappa shape index (κ1) is 14.2. The summed E-state index contributed by atoms with van der Waals surface area (Å²) in [5.74, 6) is 2.70. The number of rotatable bonds is 5. The lowest BCUT2D eigenvalue weighted by Crippen LogP contribution is -2.34. The van der Waals surface area contributed by atoms with E-state index in [9.17, 15) is 4.79 Å². The highest BCUT2D eigenvalue weighted by atomic mass is 16.2. The molecule has 0 aromatic carbocycles. The van der Waals surface area contributed by atoms with Crippen LogP contribution in [0.25, 0.3) is 0 Å². The molecule has 0 aromatic rings. The van der Waals surface area contributed by atoms with Crippen molar-refractivity contribution in [2.24, 2.45) is 23.2 Å². The van der Waals surface area contributed by atoms with Gasteiger partial charge in [0, 0.05) is 20.0 Å². The average molecular weight is 275 g/mol. The Bertz CT molecular complexity index is 423. The largest absolute Gasteiger partial charge is 0.342 e. The summed E-state index contributed by atoms with van der Waals surface area (Å²) in [6, 6.07) is 0. The molecule has 20 heavy (non-hydrogen) atoms. The van der Waals surface area contributed by atoms with Crippen LogP contribution in [0.5, 0.6) is 0 Å². The van der Waals surface area contributed by atoms with E-state index < -0.39 is 0 Å². The Hall–Kier alpha value is -0.790. The summed E-state index contributed by atoms with van der Waals surface area (Å²) in [6.07, 6.45) is 10.3. The maximum Gasteiger partial charge on any atom is 0.219 e. The highest BCUT2D eigenvalue weighted by Gasteiger charge is 2.55. The van der Waals surface area contributed by atoms with Crippen molar-refractivity contribution in [2.75, 3.05) is 13.1 Å². The van der Waals surface area contributed by atoms with Crippen LogP contribution in [0.4, 0.5) is 0 Å². The molecule has 3 aliphatic rings. The molecule has 0 aliphatic heterocycles. The molecule has 3 unspecified atom stereocenters. The number of carbonyl (C=O) groups excluding carboxylic acids is 1. The van der Waals surface area contributed by atoms with Crippen molar-refractivity contribution in [2.45, 2.75) is 59.3 Å². The Kier molecular flexibility index (Phi) is 3.68. The highest BCUT2D eigenvalue weighted by Crippen LogP contribution is 2.60. The molecule has 112 valence electrons. The topological polar surface area (TPSA) is 20.3 Å². The van der Waals surface area contributed by atoms with Crippen LogP contribution in [0.1, 0.15) is 59.3 Å². The zero-order chi connectivity index (χ0) is 14.3. The summed E-state index contributed by atoms with van der Waals surface area (Å²) in [6.45, 7) is 8.50. The molecular weight excluding hydrogens is 246 g/mol. The van der Waals surface area contributed by atoms with Crippen LogP contribution < -0.4 is 0 Å². The van der Waals surface area contributed by atoms with E-state index in [1.807, 2.05) is 0 Å². The highest BCUT2D eigenvalue weighted by molar-refractivity contribution is 5.73. The lowest BCUT2D eigenvalue weighted by molar-refractivity contribution is -0.129. The monoisotopic (exact) mass is 275 g/mol. The minimum absolute atomic E-state index is 0.283. The van der Waals surface area contributed by atoms with Crippen molar-refractivity contribution in [3.63, 3.8) is 0 Å². The number of amides is 1. The van der Waals surface area contributed by atoms with Crippen LogP contribution in [0.15, 0.2) is 11.6 Å². The lowest BCUT2D eigenvalue weighted by atomic mass is 9.78. The van der Waals surface area contributed by atoms with E-state index in [0.717, 1.165) is 30.8 Å². The van der Waals surface area contributed by atoms with Gasteiger partial charge in [-0.3, -0.25) is 4.79 Å². The normalized spacial score (nSPS) is 36.5. The first-order valence-corrected chi connectivity index (χ1v) is 8.40. The van der Waals surface area contributed by atoms with E-state index in [0.29, 0.717) is 5.41 Å². The third-order valence-electron chi connectivity index (χ3n) is 6.09. The fourth-order valence-corrected chi connectivity index (χ4v) is 4.02. The van der Waals surface area contributed by atoms with Gasteiger partial charge in [0.05, 0.1) is 0 Å². The molecular formula is C18H29NO. The Labute approximate surface area is 123 Å². The Morgan fingerprint density at radius 1 is 1.35 bits per heavy atom. The predicted molar refractivity (Wildman–Crippen MR) is 82.3 cm³/mol. The van der Waals surface area contributed by atoms with Crippen molar-refractivity contribution in [3.05, 3.63) is 11.6 Å². The summed E-state index contributed by atoms with van der Waals surface area (Å²) in [5.41, 5.74) is 2.08. The van der Waals surface area contributed by atoms with Gasteiger partial charge in [-0.15, -0.1) is 0 Å². The van der Waals surface area contributed by atoms with Crippen molar-refractivity contribution in [1.82, 2.24) is 4.90 Å². The van der Waals surface area contributed by atoms with Gasteiger partial charge in [-0.05, 0) is 68.6 Å². The van der Waals surface area contributed by atoms with E-state index in [-0.39, 0.29) is 5.91 Å². The summed E-state index contributed by atoms with van der Waals surface area (Å²) in [5, 5.41) is 0. The zero-order valence-electron chi connectivity index (χ0n) is 13.3. The minimum Gasteiger partial charge on any atom is -0.342 e. The molecule has 2 fully saturated rings. The van der Waals surface area contributed by atoms with Gasteiger partial charge >= 0.3 is 0 Å². The maximum atomic E-state index is 11.8. The van der Waals surface area contributed by atoms with Gasteiger partial charge in [-0.2, -0.15) is 0 Å². The molecule has 2 nitrogen and oxygen atoms in total. The maximum absolute atomic E-state index is 11.8. The molecule has 2 saturated carbocycles. The summed E-state index contributed by atoms with van der Waals surface area (Å²) < 4.78 is 0. The van der Waals surface area contributed by atoms with Gasteiger partial charge in [0.2, 0.25) is 5.91 Å². The smallest absolute Gasteiger partial charge is 0.219 e. The number of nitrogens with zero attached hydrogens (tertiary/aromatic N) is 1. The molecule has 0 radical (unpaired) electrons. The second kappa shape index (κ2) is 5.20. The van der Waals surface area contributed by atoms with Gasteiger partial charge < -0.3 is 4.90 Å². The van der Waals surface area contributed by atoms with Crippen LogP contribution in [0.2, 0.25) is 0 Å². The zero-order valence-corrected chi connectivity index (χ0v) is 13.3. The Morgan fingerprint density at radius 3 is 2.65 bits per heavy atom. The van der Waals surface area contributed by atoms with Crippen molar-refractivity contribution in [1.29, 1.82) is 0 Å². The molecule has 0 bridgehead atoms. The fraction of sp³-hybridized carbons (Fsp3) is 0.833. The molecule has 3 atom stereocenters. The van der Waals surface area contributed by atoms with Gasteiger partial charge in [-0.1, -0.05) is 18.6 Å². The first-order chi connectivity index (χ1) is 9.49. The summed E-state index contributed by atoms with van der Waals surface area (Å²) in [7, 11) is 0.